The number of nitrogens with one attached hydrogen (secondary N) is 1. The molecule has 0 bridgehead atoms. The van der Waals surface area contributed by atoms with Gasteiger partial charge in [0.1, 0.15) is 6.61 Å². The smallest absolute Gasteiger partial charge is 0.373 e. The number of esters is 5. The molecule has 33 heavy (non-hydrogen) atoms. The Morgan fingerprint density at radius 3 is 2.00 bits per heavy atom. The first-order valence-electron chi connectivity index (χ1n) is 9.74. The van der Waals surface area contributed by atoms with E-state index in [1.165, 1.54) is 6.92 Å². The summed E-state index contributed by atoms with van der Waals surface area (Å²) in [7, 11) is 1.08. The molecule has 4 unspecified atom stereocenters. The molecule has 0 saturated carbocycles. The van der Waals surface area contributed by atoms with Crippen LogP contribution in [-0.2, 0) is 57.2 Å². The first-order valence-corrected chi connectivity index (χ1v) is 9.74. The van der Waals surface area contributed by atoms with Crippen molar-refractivity contribution in [3.8, 4) is 0 Å². The molecule has 0 fully saturated rings. The van der Waals surface area contributed by atoms with Crippen LogP contribution in [0, 0.1) is 0 Å². The number of methoxy groups -OCH3 is 1. The van der Waals surface area contributed by atoms with Crippen molar-refractivity contribution < 1.29 is 57.2 Å². The van der Waals surface area contributed by atoms with Gasteiger partial charge in [-0.05, 0) is 6.08 Å². The third-order valence-electron chi connectivity index (χ3n) is 4.09. The van der Waals surface area contributed by atoms with Crippen LogP contribution >= 0.6 is 0 Å². The van der Waals surface area contributed by atoms with E-state index in [-0.39, 0.29) is 0 Å². The fourth-order valence-electron chi connectivity index (χ4n) is 3.03. The molecule has 0 aromatic heterocycles. The van der Waals surface area contributed by atoms with Crippen LogP contribution in [0.1, 0.15) is 34.6 Å². The maximum Gasteiger partial charge on any atom is 0.373 e. The van der Waals surface area contributed by atoms with Crippen LogP contribution in [0.4, 0.5) is 0 Å². The van der Waals surface area contributed by atoms with E-state index in [9.17, 15) is 28.8 Å². The molecular weight excluding hydrogens is 446 g/mol. The average molecular weight is 473 g/mol. The Labute approximate surface area is 189 Å². The highest BCUT2D eigenvalue weighted by atomic mass is 16.6. The second kappa shape index (κ2) is 12.4. The molecule has 1 N–H and O–H groups in total. The maximum absolute atomic E-state index is 12.2. The lowest BCUT2D eigenvalue weighted by Crippen LogP contribution is -2.60. The predicted molar refractivity (Wildman–Crippen MR) is 106 cm³/mol. The Hall–Kier alpha value is -3.64. The first-order chi connectivity index (χ1) is 15.3. The first kappa shape index (κ1) is 27.4. The molecule has 13 nitrogen and oxygen atoms in total. The summed E-state index contributed by atoms with van der Waals surface area (Å²) in [6, 6.07) is -1.12. The van der Waals surface area contributed by atoms with Gasteiger partial charge < -0.3 is 33.7 Å². The Morgan fingerprint density at radius 2 is 1.55 bits per heavy atom. The highest BCUT2D eigenvalue weighted by molar-refractivity contribution is 5.87. The summed E-state index contributed by atoms with van der Waals surface area (Å²) >= 11 is 0. The molecule has 1 aliphatic rings. The SMILES string of the molecule is COC(=O)C1=CC(NC(C)=O)C(OC(C)=O)C(C(OC(C)=O)[C@@H](COC(C)=O)OC(C)=O)O1. The summed E-state index contributed by atoms with van der Waals surface area (Å²) in [6.45, 7) is 4.95. The van der Waals surface area contributed by atoms with Crippen molar-refractivity contribution in [1.29, 1.82) is 0 Å². The topological polar surface area (TPSA) is 170 Å². The third kappa shape index (κ3) is 8.79. The van der Waals surface area contributed by atoms with Crippen molar-refractivity contribution in [2.24, 2.45) is 0 Å². The van der Waals surface area contributed by atoms with Crippen molar-refractivity contribution in [2.45, 2.75) is 65.1 Å². The van der Waals surface area contributed by atoms with Crippen LogP contribution < -0.4 is 5.32 Å². The second-order valence-electron chi connectivity index (χ2n) is 6.93. The summed E-state index contributed by atoms with van der Waals surface area (Å²) in [6.07, 6.45) is -4.64. The summed E-state index contributed by atoms with van der Waals surface area (Å²) in [5.41, 5.74) is 0. The number of ether oxygens (including phenoxy) is 6. The lowest BCUT2D eigenvalue weighted by Gasteiger charge is -2.40. The van der Waals surface area contributed by atoms with Gasteiger partial charge in [0.2, 0.25) is 11.7 Å². The molecule has 0 aliphatic carbocycles. The fraction of sp³-hybridized carbons (Fsp3) is 0.600. The maximum atomic E-state index is 12.2. The number of hydrogen-bond donors (Lipinski definition) is 1. The zero-order chi connectivity index (χ0) is 25.3. The van der Waals surface area contributed by atoms with Crippen LogP contribution in [0.5, 0.6) is 0 Å². The summed E-state index contributed by atoms with van der Waals surface area (Å²) in [5, 5.41) is 2.50. The van der Waals surface area contributed by atoms with Crippen molar-refractivity contribution >= 4 is 35.8 Å². The normalized spacial score (nSPS) is 21.2. The fourth-order valence-corrected chi connectivity index (χ4v) is 3.03. The van der Waals surface area contributed by atoms with Gasteiger partial charge in [-0.3, -0.25) is 24.0 Å². The molecule has 0 saturated heterocycles. The van der Waals surface area contributed by atoms with Gasteiger partial charge in [0.05, 0.1) is 13.2 Å². The summed E-state index contributed by atoms with van der Waals surface area (Å²) < 4.78 is 31.0. The monoisotopic (exact) mass is 473 g/mol. The van der Waals surface area contributed by atoms with Crippen LogP contribution in [0.2, 0.25) is 0 Å². The van der Waals surface area contributed by atoms with Crippen molar-refractivity contribution in [1.82, 2.24) is 5.32 Å². The van der Waals surface area contributed by atoms with Gasteiger partial charge in [-0.25, -0.2) is 4.79 Å². The Balaban J connectivity index is 3.58. The molecular formula is C20H27NO12. The zero-order valence-corrected chi connectivity index (χ0v) is 19.1. The Kier molecular flexibility index (Phi) is 10.3. The van der Waals surface area contributed by atoms with Crippen molar-refractivity contribution in [2.75, 3.05) is 13.7 Å². The largest absolute Gasteiger partial charge is 0.475 e. The highest BCUT2D eigenvalue weighted by Gasteiger charge is 2.49. The van der Waals surface area contributed by atoms with E-state index in [1.807, 2.05) is 0 Å². The van der Waals surface area contributed by atoms with E-state index >= 15 is 0 Å². The quantitative estimate of drug-likeness (QED) is 0.331. The van der Waals surface area contributed by atoms with E-state index < -0.39 is 78.6 Å². The molecule has 1 amide bonds. The molecule has 5 atom stereocenters. The molecule has 1 aliphatic heterocycles. The molecule has 0 spiro atoms. The Morgan fingerprint density at radius 1 is 0.939 bits per heavy atom. The van der Waals surface area contributed by atoms with E-state index in [1.54, 1.807) is 0 Å². The molecule has 13 heteroatoms. The molecule has 0 aromatic carbocycles. The van der Waals surface area contributed by atoms with Gasteiger partial charge in [-0.2, -0.15) is 0 Å². The summed E-state index contributed by atoms with van der Waals surface area (Å²) in [5.74, 6) is -5.05. The number of hydrogen-bond acceptors (Lipinski definition) is 12. The average Bonchev–Trinajstić information content (AvgIpc) is 2.68. The van der Waals surface area contributed by atoms with E-state index in [2.05, 4.69) is 10.1 Å². The van der Waals surface area contributed by atoms with Gasteiger partial charge in [0.15, 0.2) is 24.4 Å². The number of amides is 1. The van der Waals surface area contributed by atoms with E-state index in [0.717, 1.165) is 40.9 Å². The van der Waals surface area contributed by atoms with E-state index in [4.69, 9.17) is 23.7 Å². The highest BCUT2D eigenvalue weighted by Crippen LogP contribution is 2.28. The van der Waals surface area contributed by atoms with E-state index in [0.29, 0.717) is 0 Å². The number of rotatable bonds is 9. The minimum absolute atomic E-state index is 0.393. The van der Waals surface area contributed by atoms with Crippen molar-refractivity contribution in [3.05, 3.63) is 11.8 Å². The summed E-state index contributed by atoms with van der Waals surface area (Å²) in [4.78, 5) is 70.6. The number of carbonyl (C=O) groups excluding carboxylic acids is 6. The van der Waals surface area contributed by atoms with Crippen LogP contribution in [-0.4, -0.2) is 79.9 Å². The zero-order valence-electron chi connectivity index (χ0n) is 19.1. The molecule has 184 valence electrons. The third-order valence-corrected chi connectivity index (χ3v) is 4.09. The lowest BCUT2D eigenvalue weighted by atomic mass is 9.93. The van der Waals surface area contributed by atoms with Crippen LogP contribution in [0.3, 0.4) is 0 Å². The molecule has 1 heterocycles. The second-order valence-corrected chi connectivity index (χ2v) is 6.93. The van der Waals surface area contributed by atoms with Crippen LogP contribution in [0.25, 0.3) is 0 Å². The van der Waals surface area contributed by atoms with Gasteiger partial charge >= 0.3 is 29.8 Å². The minimum Gasteiger partial charge on any atom is -0.475 e. The van der Waals surface area contributed by atoms with Gasteiger partial charge in [-0.1, -0.05) is 0 Å². The van der Waals surface area contributed by atoms with Crippen molar-refractivity contribution in [3.63, 3.8) is 0 Å². The minimum atomic E-state index is -1.54. The molecule has 0 aromatic rings. The number of carbonyl (C=O) groups is 6. The molecule has 1 rings (SSSR count). The lowest BCUT2D eigenvalue weighted by molar-refractivity contribution is -0.200. The Bertz CT molecular complexity index is 820. The van der Waals surface area contributed by atoms with Gasteiger partial charge in [0, 0.05) is 34.6 Å². The predicted octanol–water partition coefficient (Wildman–Crippen LogP) is -0.695. The van der Waals surface area contributed by atoms with Gasteiger partial charge in [-0.15, -0.1) is 0 Å². The standard InChI is InChI=1S/C20H27NO12/c1-9(22)21-14-7-15(20(27)28-6)33-19(17(14)31-12(4)25)18(32-13(5)26)16(30-11(3)24)8-29-10(2)23/h7,14,16-19H,8H2,1-6H3,(H,21,22)/t14?,16-,17?,18?,19?/m1/s1. The molecule has 0 radical (unpaired) electrons. The van der Waals surface area contributed by atoms with Gasteiger partial charge in [0.25, 0.3) is 0 Å². The van der Waals surface area contributed by atoms with Crippen LogP contribution in [0.15, 0.2) is 11.8 Å².